The highest BCUT2D eigenvalue weighted by molar-refractivity contribution is 6.00. The van der Waals surface area contributed by atoms with Gasteiger partial charge in [0.15, 0.2) is 0 Å². The number of nitrogen functional groups attached to an aromatic ring is 1. The van der Waals surface area contributed by atoms with E-state index in [4.69, 9.17) is 11.5 Å². The van der Waals surface area contributed by atoms with Gasteiger partial charge in [-0.25, -0.2) is 0 Å². The number of nitrogens with zero attached hydrogens (tertiary/aromatic N) is 1. The van der Waals surface area contributed by atoms with Crippen LogP contribution in [0, 0.1) is 5.92 Å². The monoisotopic (exact) mass is 247 g/mol. The molecule has 4 nitrogen and oxygen atoms in total. The van der Waals surface area contributed by atoms with Crippen LogP contribution in [0.4, 0.5) is 11.4 Å². The van der Waals surface area contributed by atoms with Gasteiger partial charge in [-0.15, -0.1) is 0 Å². The molecule has 0 heterocycles. The predicted octanol–water partition coefficient (Wildman–Crippen LogP) is 1.99. The van der Waals surface area contributed by atoms with E-state index in [9.17, 15) is 4.79 Å². The van der Waals surface area contributed by atoms with Crippen LogP contribution in [0.3, 0.4) is 0 Å². The van der Waals surface area contributed by atoms with Gasteiger partial charge >= 0.3 is 0 Å². The Balaban J connectivity index is 2.23. The Hall–Kier alpha value is -1.71. The van der Waals surface area contributed by atoms with Crippen LogP contribution in [0.2, 0.25) is 0 Å². The van der Waals surface area contributed by atoms with Gasteiger partial charge in [0, 0.05) is 13.1 Å². The summed E-state index contributed by atoms with van der Waals surface area (Å²) >= 11 is 0. The van der Waals surface area contributed by atoms with Crippen molar-refractivity contribution in [2.24, 2.45) is 11.7 Å². The zero-order valence-electron chi connectivity index (χ0n) is 10.9. The fraction of sp³-hybridized carbons (Fsp3) is 0.500. The van der Waals surface area contributed by atoms with E-state index in [0.29, 0.717) is 11.3 Å². The fourth-order valence-electron chi connectivity index (χ4n) is 2.43. The van der Waals surface area contributed by atoms with Crippen molar-refractivity contribution in [1.29, 1.82) is 0 Å². The van der Waals surface area contributed by atoms with Crippen LogP contribution in [0.5, 0.6) is 0 Å². The molecule has 1 aromatic rings. The molecule has 1 fully saturated rings. The number of anilines is 2. The topological polar surface area (TPSA) is 72.3 Å². The molecule has 0 unspecified atom stereocenters. The van der Waals surface area contributed by atoms with Crippen molar-refractivity contribution in [2.75, 3.05) is 23.7 Å². The number of primary amides is 1. The third-order valence-corrected chi connectivity index (χ3v) is 3.77. The smallest absolute Gasteiger partial charge is 0.250 e. The minimum Gasteiger partial charge on any atom is -0.396 e. The van der Waals surface area contributed by atoms with Crippen molar-refractivity contribution < 1.29 is 4.79 Å². The molecule has 0 aliphatic heterocycles. The molecular weight excluding hydrogens is 226 g/mol. The average molecular weight is 247 g/mol. The molecule has 0 atom stereocenters. The van der Waals surface area contributed by atoms with Crippen LogP contribution in [0.1, 0.15) is 36.5 Å². The quantitative estimate of drug-likeness (QED) is 0.782. The molecule has 2 rings (SSSR count). The summed E-state index contributed by atoms with van der Waals surface area (Å²) in [6, 6.07) is 5.48. The van der Waals surface area contributed by atoms with Crippen LogP contribution in [0.25, 0.3) is 0 Å². The third kappa shape index (κ3) is 2.42. The van der Waals surface area contributed by atoms with Crippen LogP contribution in [0.15, 0.2) is 18.2 Å². The number of nitrogens with two attached hydrogens (primary N) is 2. The van der Waals surface area contributed by atoms with Gasteiger partial charge in [-0.2, -0.15) is 0 Å². The van der Waals surface area contributed by atoms with Gasteiger partial charge in [-0.1, -0.05) is 12.5 Å². The normalized spacial score (nSPS) is 15.2. The highest BCUT2D eigenvalue weighted by atomic mass is 16.1. The maximum atomic E-state index is 11.3. The maximum Gasteiger partial charge on any atom is 0.250 e. The van der Waals surface area contributed by atoms with E-state index >= 15 is 0 Å². The zero-order chi connectivity index (χ0) is 13.1. The van der Waals surface area contributed by atoms with E-state index in [1.807, 2.05) is 12.1 Å². The summed E-state index contributed by atoms with van der Waals surface area (Å²) in [5, 5.41) is 0. The van der Waals surface area contributed by atoms with E-state index in [2.05, 4.69) is 11.8 Å². The summed E-state index contributed by atoms with van der Waals surface area (Å²) in [5.74, 6) is 0.302. The lowest BCUT2D eigenvalue weighted by Crippen LogP contribution is -2.33. The lowest BCUT2D eigenvalue weighted by atomic mass is 9.85. The molecule has 0 bridgehead atoms. The minimum absolute atomic E-state index is 0.416. The molecule has 1 aliphatic rings. The van der Waals surface area contributed by atoms with Crippen molar-refractivity contribution in [3.8, 4) is 0 Å². The van der Waals surface area contributed by atoms with Crippen molar-refractivity contribution in [3.63, 3.8) is 0 Å². The number of hydrogen-bond donors (Lipinski definition) is 2. The highest BCUT2D eigenvalue weighted by Crippen LogP contribution is 2.32. The van der Waals surface area contributed by atoms with E-state index in [-0.39, 0.29) is 0 Å². The van der Waals surface area contributed by atoms with Gasteiger partial charge in [0.05, 0.1) is 16.9 Å². The number of carbonyl (C=O) groups is 1. The Kier molecular flexibility index (Phi) is 3.75. The van der Waals surface area contributed by atoms with E-state index in [0.717, 1.165) is 24.7 Å². The second-order valence-corrected chi connectivity index (χ2v) is 4.94. The molecule has 1 amide bonds. The summed E-state index contributed by atoms with van der Waals surface area (Å²) < 4.78 is 0. The Labute approximate surface area is 108 Å². The van der Waals surface area contributed by atoms with Gasteiger partial charge in [0.2, 0.25) is 0 Å². The van der Waals surface area contributed by atoms with Crippen LogP contribution in [-0.2, 0) is 0 Å². The molecular formula is C14H21N3O. The molecule has 98 valence electrons. The summed E-state index contributed by atoms with van der Waals surface area (Å²) in [4.78, 5) is 13.5. The molecule has 0 saturated heterocycles. The number of hydrogen-bond acceptors (Lipinski definition) is 3. The molecule has 0 aromatic heterocycles. The van der Waals surface area contributed by atoms with Crippen molar-refractivity contribution in [1.82, 2.24) is 0 Å². The van der Waals surface area contributed by atoms with Crippen LogP contribution >= 0.6 is 0 Å². The molecule has 1 aromatic carbocycles. The molecule has 1 saturated carbocycles. The first-order chi connectivity index (χ1) is 8.63. The molecule has 1 aliphatic carbocycles. The standard InChI is InChI=1S/C14H21N3O/c1-2-17(9-10-5-3-6-10)12-8-4-7-11(13(12)15)14(16)18/h4,7-8,10H,2-3,5-6,9,15H2,1H3,(H2,16,18). The Morgan fingerprint density at radius 2 is 2.17 bits per heavy atom. The number of carbonyl (C=O) groups excluding carboxylic acids is 1. The van der Waals surface area contributed by atoms with E-state index in [1.165, 1.54) is 19.3 Å². The van der Waals surface area contributed by atoms with E-state index < -0.39 is 5.91 Å². The lowest BCUT2D eigenvalue weighted by Gasteiger charge is -2.34. The molecule has 18 heavy (non-hydrogen) atoms. The summed E-state index contributed by atoms with van der Waals surface area (Å²) in [5.41, 5.74) is 13.2. The highest BCUT2D eigenvalue weighted by Gasteiger charge is 2.22. The third-order valence-electron chi connectivity index (χ3n) is 3.77. The summed E-state index contributed by atoms with van der Waals surface area (Å²) in [7, 11) is 0. The van der Waals surface area contributed by atoms with E-state index in [1.54, 1.807) is 6.07 Å². The number of benzene rings is 1. The predicted molar refractivity (Wildman–Crippen MR) is 74.6 cm³/mol. The molecule has 4 N–H and O–H groups in total. The SMILES string of the molecule is CCN(CC1CCC1)c1cccc(C(N)=O)c1N. The van der Waals surface area contributed by atoms with Gasteiger partial charge in [-0.3, -0.25) is 4.79 Å². The van der Waals surface area contributed by atoms with Crippen LogP contribution in [-0.4, -0.2) is 19.0 Å². The van der Waals surface area contributed by atoms with Crippen molar-refractivity contribution in [3.05, 3.63) is 23.8 Å². The van der Waals surface area contributed by atoms with Gasteiger partial charge in [0.1, 0.15) is 0 Å². The summed E-state index contributed by atoms with van der Waals surface area (Å²) in [6.07, 6.45) is 3.93. The fourth-order valence-corrected chi connectivity index (χ4v) is 2.43. The van der Waals surface area contributed by atoms with Gasteiger partial charge in [-0.05, 0) is 37.8 Å². The Bertz CT molecular complexity index is 441. The van der Waals surface area contributed by atoms with Crippen molar-refractivity contribution in [2.45, 2.75) is 26.2 Å². The minimum atomic E-state index is -0.464. The summed E-state index contributed by atoms with van der Waals surface area (Å²) in [6.45, 7) is 4.01. The lowest BCUT2D eigenvalue weighted by molar-refractivity contribution is 0.100. The first-order valence-corrected chi connectivity index (χ1v) is 6.56. The molecule has 0 spiro atoms. The average Bonchev–Trinajstić information content (AvgIpc) is 2.29. The number of rotatable bonds is 5. The first kappa shape index (κ1) is 12.7. The first-order valence-electron chi connectivity index (χ1n) is 6.56. The molecule has 4 heteroatoms. The largest absolute Gasteiger partial charge is 0.396 e. The number of para-hydroxylation sites is 1. The van der Waals surface area contributed by atoms with Gasteiger partial charge in [0.25, 0.3) is 5.91 Å². The Morgan fingerprint density at radius 3 is 2.67 bits per heavy atom. The Morgan fingerprint density at radius 1 is 1.44 bits per heavy atom. The second-order valence-electron chi connectivity index (χ2n) is 4.94. The van der Waals surface area contributed by atoms with Crippen LogP contribution < -0.4 is 16.4 Å². The second kappa shape index (κ2) is 5.29. The number of amides is 1. The van der Waals surface area contributed by atoms with Crippen molar-refractivity contribution >= 4 is 17.3 Å². The molecule has 0 radical (unpaired) electrons. The van der Waals surface area contributed by atoms with Gasteiger partial charge < -0.3 is 16.4 Å². The zero-order valence-corrected chi connectivity index (χ0v) is 10.9. The maximum absolute atomic E-state index is 11.3.